The molecule has 0 N–H and O–H groups in total. The molecule has 1 atom stereocenters. The number of hydrogen-bond donors (Lipinski definition) is 0. The third-order valence-electron chi connectivity index (χ3n) is 3.02. The largest absolute Gasteiger partial charge is 0.358 e. The first-order chi connectivity index (χ1) is 7.04. The number of methoxy groups -OCH3 is 3. The molecule has 0 spiro atoms. The third kappa shape index (κ3) is 1.85. The van der Waals surface area contributed by atoms with E-state index in [9.17, 15) is 0 Å². The van der Waals surface area contributed by atoms with Crippen molar-refractivity contribution in [3.63, 3.8) is 0 Å². The molecule has 0 amide bonds. The summed E-state index contributed by atoms with van der Waals surface area (Å²) in [6.07, 6.45) is 5.25. The Morgan fingerprint density at radius 2 is 1.80 bits per heavy atom. The minimum absolute atomic E-state index is 0.632. The van der Waals surface area contributed by atoms with E-state index < -0.39 is 11.1 Å². The minimum Gasteiger partial charge on any atom is -0.358 e. The summed E-state index contributed by atoms with van der Waals surface area (Å²) in [7, 11) is 5.55. The van der Waals surface area contributed by atoms with Crippen molar-refractivity contribution in [3.05, 3.63) is 18.7 Å². The van der Waals surface area contributed by atoms with Gasteiger partial charge in [0, 0.05) is 33.7 Å². The van der Waals surface area contributed by atoms with Crippen molar-refractivity contribution in [1.29, 1.82) is 0 Å². The Balaban J connectivity index is 3.15. The fourth-order valence-electron chi connectivity index (χ4n) is 1.50. The molecule has 0 aliphatic carbocycles. The van der Waals surface area contributed by atoms with Gasteiger partial charge in [-0.05, 0) is 6.92 Å². The molecule has 1 aromatic heterocycles. The SMILES string of the molecule is COC(C)(OC)C([SiH3])(OC)n1ccnc1. The zero-order chi connectivity index (χ0) is 11.5. The van der Waals surface area contributed by atoms with E-state index in [0.717, 1.165) is 0 Å². The summed E-state index contributed by atoms with van der Waals surface area (Å²) in [6.45, 7) is 1.85. The van der Waals surface area contributed by atoms with Gasteiger partial charge in [0.2, 0.25) is 5.79 Å². The molecular formula is C9H18N2O3Si. The number of hydrogen-bond acceptors (Lipinski definition) is 4. The van der Waals surface area contributed by atoms with Gasteiger partial charge in [-0.25, -0.2) is 4.98 Å². The van der Waals surface area contributed by atoms with Gasteiger partial charge in [-0.3, -0.25) is 0 Å². The van der Waals surface area contributed by atoms with Gasteiger partial charge in [0.15, 0.2) is 5.35 Å². The number of rotatable bonds is 5. The Bertz CT molecular complexity index is 300. The summed E-state index contributed by atoms with van der Waals surface area (Å²) < 4.78 is 18.2. The van der Waals surface area contributed by atoms with Crippen molar-refractivity contribution >= 4 is 10.2 Å². The van der Waals surface area contributed by atoms with Crippen LogP contribution in [0, 0.1) is 0 Å². The monoisotopic (exact) mass is 230 g/mol. The van der Waals surface area contributed by atoms with Crippen molar-refractivity contribution in [1.82, 2.24) is 9.55 Å². The van der Waals surface area contributed by atoms with Gasteiger partial charge >= 0.3 is 0 Å². The summed E-state index contributed by atoms with van der Waals surface area (Å²) in [4.78, 5) is 4.01. The van der Waals surface area contributed by atoms with Crippen LogP contribution in [0.4, 0.5) is 0 Å². The molecule has 1 unspecified atom stereocenters. The average molecular weight is 230 g/mol. The zero-order valence-electron chi connectivity index (χ0n) is 9.85. The van der Waals surface area contributed by atoms with Gasteiger partial charge in [-0.1, -0.05) is 0 Å². The highest BCUT2D eigenvalue weighted by Gasteiger charge is 2.47. The first kappa shape index (κ1) is 12.4. The van der Waals surface area contributed by atoms with E-state index in [1.807, 2.05) is 17.7 Å². The van der Waals surface area contributed by atoms with E-state index in [4.69, 9.17) is 14.2 Å². The van der Waals surface area contributed by atoms with E-state index in [-0.39, 0.29) is 0 Å². The van der Waals surface area contributed by atoms with E-state index in [2.05, 4.69) is 4.98 Å². The molecule has 15 heavy (non-hydrogen) atoms. The summed E-state index contributed by atoms with van der Waals surface area (Å²) in [5.74, 6) is -0.825. The Kier molecular flexibility index (Phi) is 3.66. The van der Waals surface area contributed by atoms with E-state index in [1.54, 1.807) is 33.9 Å². The van der Waals surface area contributed by atoms with Crippen LogP contribution in [0.5, 0.6) is 0 Å². The fraction of sp³-hybridized carbons (Fsp3) is 0.667. The molecule has 1 heterocycles. The first-order valence-electron chi connectivity index (χ1n) is 4.68. The predicted octanol–water partition coefficient (Wildman–Crippen LogP) is -0.486. The number of aromatic nitrogens is 2. The zero-order valence-corrected chi connectivity index (χ0v) is 11.9. The number of imidazole rings is 1. The van der Waals surface area contributed by atoms with Crippen molar-refractivity contribution < 1.29 is 14.2 Å². The summed E-state index contributed by atoms with van der Waals surface area (Å²) in [5, 5.41) is -0.632. The van der Waals surface area contributed by atoms with Gasteiger partial charge in [-0.2, -0.15) is 0 Å². The standard InChI is InChI=1S/C9H18N2O3Si/c1-8(12-2,13-3)9(15,14-4)11-6-5-10-7-11/h5-7H,1-4,15H3. The molecule has 0 bridgehead atoms. The van der Waals surface area contributed by atoms with E-state index in [0.29, 0.717) is 10.2 Å². The molecule has 86 valence electrons. The minimum atomic E-state index is -0.825. The molecule has 5 nitrogen and oxygen atoms in total. The van der Waals surface area contributed by atoms with Crippen LogP contribution in [0.15, 0.2) is 18.7 Å². The molecule has 0 aliphatic rings. The van der Waals surface area contributed by atoms with Gasteiger partial charge in [0.1, 0.15) is 0 Å². The van der Waals surface area contributed by atoms with Crippen molar-refractivity contribution in [3.8, 4) is 0 Å². The molecule has 0 radical (unpaired) electrons. The second kappa shape index (κ2) is 4.44. The third-order valence-corrected chi connectivity index (χ3v) is 4.85. The average Bonchev–Trinajstić information content (AvgIpc) is 2.80. The molecule has 0 aliphatic heterocycles. The summed E-state index contributed by atoms with van der Waals surface area (Å²) in [5.41, 5.74) is 0. The van der Waals surface area contributed by atoms with Gasteiger partial charge in [0.05, 0.1) is 16.6 Å². The second-order valence-corrected chi connectivity index (χ2v) is 4.87. The van der Waals surface area contributed by atoms with Crippen molar-refractivity contribution in [2.45, 2.75) is 18.1 Å². The Morgan fingerprint density at radius 3 is 2.13 bits per heavy atom. The maximum atomic E-state index is 5.56. The molecular weight excluding hydrogens is 212 g/mol. The second-order valence-electron chi connectivity index (χ2n) is 3.51. The van der Waals surface area contributed by atoms with Crippen molar-refractivity contribution in [2.75, 3.05) is 21.3 Å². The van der Waals surface area contributed by atoms with Gasteiger partial charge < -0.3 is 18.8 Å². The van der Waals surface area contributed by atoms with Crippen LogP contribution in [0.2, 0.25) is 0 Å². The van der Waals surface area contributed by atoms with Crippen LogP contribution in [0.3, 0.4) is 0 Å². The molecule has 0 fully saturated rings. The molecule has 1 aromatic rings. The van der Waals surface area contributed by atoms with Crippen LogP contribution in [0.25, 0.3) is 0 Å². The smallest absolute Gasteiger partial charge is 0.209 e. The fourth-order valence-corrected chi connectivity index (χ4v) is 2.17. The Hall–Kier alpha value is -0.693. The van der Waals surface area contributed by atoms with Crippen LogP contribution in [-0.2, 0) is 19.6 Å². The molecule has 6 heteroatoms. The highest BCUT2D eigenvalue weighted by molar-refractivity contribution is 6.13. The maximum Gasteiger partial charge on any atom is 0.209 e. The van der Waals surface area contributed by atoms with E-state index in [1.165, 1.54) is 0 Å². The lowest BCUT2D eigenvalue weighted by Crippen LogP contribution is -2.57. The molecule has 1 rings (SSSR count). The van der Waals surface area contributed by atoms with Crippen LogP contribution in [-0.4, -0.2) is 46.9 Å². The van der Waals surface area contributed by atoms with E-state index >= 15 is 0 Å². The lowest BCUT2D eigenvalue weighted by Gasteiger charge is -2.43. The Morgan fingerprint density at radius 1 is 1.20 bits per heavy atom. The van der Waals surface area contributed by atoms with Crippen LogP contribution < -0.4 is 0 Å². The predicted molar refractivity (Wildman–Crippen MR) is 59.6 cm³/mol. The molecule has 0 saturated heterocycles. The van der Waals surface area contributed by atoms with Crippen LogP contribution in [0.1, 0.15) is 6.92 Å². The summed E-state index contributed by atoms with van der Waals surface area (Å²) in [6, 6.07) is 0. The maximum absolute atomic E-state index is 5.56. The van der Waals surface area contributed by atoms with Crippen LogP contribution >= 0.6 is 0 Å². The summed E-state index contributed by atoms with van der Waals surface area (Å²) >= 11 is 0. The quantitative estimate of drug-likeness (QED) is 0.506. The lowest BCUT2D eigenvalue weighted by molar-refractivity contribution is -0.297. The number of nitrogens with zero attached hydrogens (tertiary/aromatic N) is 2. The highest BCUT2D eigenvalue weighted by atomic mass is 28.1. The normalized spacial score (nSPS) is 16.5. The van der Waals surface area contributed by atoms with Crippen molar-refractivity contribution in [2.24, 2.45) is 0 Å². The number of ether oxygens (including phenoxy) is 3. The lowest BCUT2D eigenvalue weighted by atomic mass is 10.2. The topological polar surface area (TPSA) is 45.5 Å². The van der Waals surface area contributed by atoms with Gasteiger partial charge in [0.25, 0.3) is 0 Å². The molecule has 0 aromatic carbocycles. The van der Waals surface area contributed by atoms with Gasteiger partial charge in [-0.15, -0.1) is 0 Å². The first-order valence-corrected chi connectivity index (χ1v) is 5.68. The highest BCUT2D eigenvalue weighted by Crippen LogP contribution is 2.31. The molecule has 0 saturated carbocycles. The Labute approximate surface area is 92.8 Å².